The van der Waals surface area contributed by atoms with Crippen molar-refractivity contribution in [1.82, 2.24) is 10.2 Å². The largest absolute Gasteiger partial charge is 0.466 e. The Labute approximate surface area is 105 Å². The third-order valence-electron chi connectivity index (χ3n) is 1.75. The summed E-state index contributed by atoms with van der Waals surface area (Å²) in [5.74, 6) is -0.112. The Morgan fingerprint density at radius 1 is 1.33 bits per heavy atom. The lowest BCUT2D eigenvalue weighted by Crippen LogP contribution is -2.29. The smallest absolute Gasteiger partial charge is 0.307 e. The van der Waals surface area contributed by atoms with Crippen LogP contribution in [0.15, 0.2) is 0 Å². The molecule has 0 aromatic carbocycles. The van der Waals surface area contributed by atoms with Crippen molar-refractivity contribution in [2.45, 2.75) is 13.3 Å². The number of hydrogen-bond donors (Lipinski definition) is 1. The predicted molar refractivity (Wildman–Crippen MR) is 67.2 cm³/mol. The van der Waals surface area contributed by atoms with Crippen molar-refractivity contribution >= 4 is 30.8 Å². The normalized spacial score (nSPS) is 9.07. The van der Waals surface area contributed by atoms with Gasteiger partial charge in [0.15, 0.2) is 0 Å². The van der Waals surface area contributed by atoms with Gasteiger partial charge in [0.2, 0.25) is 0 Å². The third kappa shape index (κ3) is 14.0. The van der Waals surface area contributed by atoms with Gasteiger partial charge in [-0.15, -0.1) is 24.8 Å². The molecule has 94 valence electrons. The number of nitrogens with zero attached hydrogens (tertiary/aromatic N) is 1. The molecule has 0 saturated heterocycles. The van der Waals surface area contributed by atoms with Crippen LogP contribution in [0.5, 0.6) is 0 Å². The zero-order chi connectivity index (χ0) is 10.1. The Morgan fingerprint density at radius 2 is 1.93 bits per heavy atom. The van der Waals surface area contributed by atoms with Gasteiger partial charge < -0.3 is 15.0 Å². The molecule has 0 aliphatic rings. The van der Waals surface area contributed by atoms with Crippen LogP contribution < -0.4 is 5.32 Å². The summed E-state index contributed by atoms with van der Waals surface area (Å²) in [4.78, 5) is 13.1. The molecule has 0 amide bonds. The van der Waals surface area contributed by atoms with Gasteiger partial charge in [0.1, 0.15) is 0 Å². The van der Waals surface area contributed by atoms with Crippen molar-refractivity contribution in [3.05, 3.63) is 0 Å². The van der Waals surface area contributed by atoms with Gasteiger partial charge in [0, 0.05) is 19.6 Å². The van der Waals surface area contributed by atoms with Crippen LogP contribution in [-0.4, -0.2) is 51.2 Å². The fourth-order valence-corrected chi connectivity index (χ4v) is 0.930. The highest BCUT2D eigenvalue weighted by Gasteiger charge is 2.03. The van der Waals surface area contributed by atoms with E-state index in [9.17, 15) is 4.79 Å². The number of nitrogens with one attached hydrogen (secondary N) is 1. The molecule has 0 fully saturated rings. The molecule has 0 radical (unpaired) electrons. The third-order valence-corrected chi connectivity index (χ3v) is 1.75. The molecule has 15 heavy (non-hydrogen) atoms. The molecule has 0 saturated carbocycles. The van der Waals surface area contributed by atoms with E-state index in [1.165, 1.54) is 0 Å². The average Bonchev–Trinajstić information content (AvgIpc) is 2.12. The monoisotopic (exact) mass is 260 g/mol. The van der Waals surface area contributed by atoms with Gasteiger partial charge in [-0.05, 0) is 21.0 Å². The SMILES string of the molecule is CCOC(=O)CCN(C)CCNC.Cl.Cl. The van der Waals surface area contributed by atoms with Crippen LogP contribution in [0.1, 0.15) is 13.3 Å². The lowest BCUT2D eigenvalue weighted by atomic mass is 10.4. The maximum absolute atomic E-state index is 11.0. The van der Waals surface area contributed by atoms with Crippen LogP contribution in [0, 0.1) is 0 Å². The van der Waals surface area contributed by atoms with E-state index in [2.05, 4.69) is 10.2 Å². The molecular weight excluding hydrogens is 239 g/mol. The summed E-state index contributed by atoms with van der Waals surface area (Å²) in [6.45, 7) is 4.96. The van der Waals surface area contributed by atoms with Crippen LogP contribution >= 0.6 is 24.8 Å². The molecule has 0 aliphatic carbocycles. The summed E-state index contributed by atoms with van der Waals surface area (Å²) in [5.41, 5.74) is 0. The number of carbonyl (C=O) groups excluding carboxylic acids is 1. The van der Waals surface area contributed by atoms with Crippen molar-refractivity contribution in [2.75, 3.05) is 40.3 Å². The molecular formula is C9H22Cl2N2O2. The first kappa shape index (κ1) is 20.4. The molecule has 0 unspecified atom stereocenters. The van der Waals surface area contributed by atoms with Crippen molar-refractivity contribution in [3.8, 4) is 0 Å². The van der Waals surface area contributed by atoms with E-state index < -0.39 is 0 Å². The van der Waals surface area contributed by atoms with Gasteiger partial charge in [-0.25, -0.2) is 0 Å². The number of likely N-dealkylation sites (N-methyl/N-ethyl adjacent to an activating group) is 2. The van der Waals surface area contributed by atoms with E-state index in [1.54, 1.807) is 0 Å². The van der Waals surface area contributed by atoms with Gasteiger partial charge in [0.25, 0.3) is 0 Å². The van der Waals surface area contributed by atoms with Crippen LogP contribution in [0.2, 0.25) is 0 Å². The van der Waals surface area contributed by atoms with Crippen molar-refractivity contribution < 1.29 is 9.53 Å². The maximum Gasteiger partial charge on any atom is 0.307 e. The second-order valence-electron chi connectivity index (χ2n) is 2.96. The molecule has 1 N–H and O–H groups in total. The molecule has 0 aromatic rings. The first-order valence-electron chi connectivity index (χ1n) is 4.69. The van der Waals surface area contributed by atoms with Crippen molar-refractivity contribution in [2.24, 2.45) is 0 Å². The minimum atomic E-state index is -0.112. The minimum absolute atomic E-state index is 0. The van der Waals surface area contributed by atoms with Crippen molar-refractivity contribution in [1.29, 1.82) is 0 Å². The van der Waals surface area contributed by atoms with E-state index in [1.807, 2.05) is 21.0 Å². The number of rotatable bonds is 7. The Morgan fingerprint density at radius 3 is 2.40 bits per heavy atom. The van der Waals surface area contributed by atoms with E-state index in [0.717, 1.165) is 19.6 Å². The van der Waals surface area contributed by atoms with Gasteiger partial charge in [-0.1, -0.05) is 0 Å². The molecule has 0 spiro atoms. The van der Waals surface area contributed by atoms with Crippen LogP contribution in [-0.2, 0) is 9.53 Å². The highest BCUT2D eigenvalue weighted by atomic mass is 35.5. The topological polar surface area (TPSA) is 41.6 Å². The molecule has 0 atom stereocenters. The van der Waals surface area contributed by atoms with Gasteiger partial charge in [0.05, 0.1) is 13.0 Å². The number of carbonyl (C=O) groups is 1. The molecule has 0 rings (SSSR count). The Kier molecular flexibility index (Phi) is 19.0. The number of esters is 1. The first-order valence-corrected chi connectivity index (χ1v) is 4.69. The average molecular weight is 261 g/mol. The molecule has 0 aliphatic heterocycles. The maximum atomic E-state index is 11.0. The minimum Gasteiger partial charge on any atom is -0.466 e. The van der Waals surface area contributed by atoms with Crippen LogP contribution in [0.4, 0.5) is 0 Å². The number of hydrogen-bond acceptors (Lipinski definition) is 4. The van der Waals surface area contributed by atoms with E-state index in [0.29, 0.717) is 13.0 Å². The van der Waals surface area contributed by atoms with E-state index >= 15 is 0 Å². The summed E-state index contributed by atoms with van der Waals surface area (Å²) in [5, 5.41) is 3.05. The zero-order valence-corrected chi connectivity index (χ0v) is 11.2. The summed E-state index contributed by atoms with van der Waals surface area (Å²) in [6, 6.07) is 0. The van der Waals surface area contributed by atoms with Crippen LogP contribution in [0.25, 0.3) is 0 Å². The summed E-state index contributed by atoms with van der Waals surface area (Å²) in [6.07, 6.45) is 0.480. The Balaban J connectivity index is -0.000000720. The summed E-state index contributed by atoms with van der Waals surface area (Å²) in [7, 11) is 3.91. The summed E-state index contributed by atoms with van der Waals surface area (Å²) >= 11 is 0. The van der Waals surface area contributed by atoms with Gasteiger partial charge in [-0.2, -0.15) is 0 Å². The molecule has 0 heterocycles. The lowest BCUT2D eigenvalue weighted by Gasteiger charge is -2.15. The van der Waals surface area contributed by atoms with E-state index in [4.69, 9.17) is 4.74 Å². The van der Waals surface area contributed by atoms with E-state index in [-0.39, 0.29) is 30.8 Å². The molecule has 0 aromatic heterocycles. The predicted octanol–water partition coefficient (Wildman–Crippen LogP) is 0.934. The highest BCUT2D eigenvalue weighted by molar-refractivity contribution is 5.85. The van der Waals surface area contributed by atoms with Gasteiger partial charge >= 0.3 is 5.97 Å². The molecule has 4 nitrogen and oxygen atoms in total. The number of ether oxygens (including phenoxy) is 1. The second kappa shape index (κ2) is 14.0. The highest BCUT2D eigenvalue weighted by Crippen LogP contribution is 1.90. The standard InChI is InChI=1S/C9H20N2O2.2ClH/c1-4-13-9(12)5-7-11(3)8-6-10-2;;/h10H,4-8H2,1-3H3;2*1H. The quantitative estimate of drug-likeness (QED) is 0.692. The fraction of sp³-hybridized carbons (Fsp3) is 0.889. The lowest BCUT2D eigenvalue weighted by molar-refractivity contribution is -0.143. The van der Waals surface area contributed by atoms with Crippen LogP contribution in [0.3, 0.4) is 0 Å². The van der Waals surface area contributed by atoms with Crippen molar-refractivity contribution in [3.63, 3.8) is 0 Å². The fourth-order valence-electron chi connectivity index (χ4n) is 0.930. The number of halogens is 2. The zero-order valence-electron chi connectivity index (χ0n) is 9.62. The molecule has 6 heteroatoms. The molecule has 0 bridgehead atoms. The van der Waals surface area contributed by atoms with Gasteiger partial charge in [-0.3, -0.25) is 4.79 Å². The summed E-state index contributed by atoms with van der Waals surface area (Å²) < 4.78 is 4.82. The Bertz CT molecular complexity index is 148. The second-order valence-corrected chi connectivity index (χ2v) is 2.96. The first-order chi connectivity index (χ1) is 6.20. The Hall–Kier alpha value is -0.0300.